The maximum atomic E-state index is 14.1. The molecule has 2 aliphatic rings. The SMILES string of the molecule is CC1(F)Oc2ccc(C3(C(=O)Nc4ccc5c(c4)cc(C(C)(C)C)n5CC(O)CO)CC3)cc2O1. The molecule has 3 N–H and O–H groups in total. The summed E-state index contributed by atoms with van der Waals surface area (Å²) in [7, 11) is 0. The van der Waals surface area contributed by atoms with Gasteiger partial charge in [0.2, 0.25) is 5.91 Å². The monoisotopic (exact) mass is 482 g/mol. The quantitative estimate of drug-likeness (QED) is 0.485. The number of aliphatic hydroxyl groups excluding tert-OH is 2. The molecule has 0 bridgehead atoms. The minimum absolute atomic E-state index is 0.120. The molecule has 2 heterocycles. The maximum Gasteiger partial charge on any atom is 0.404 e. The average molecular weight is 483 g/mol. The largest absolute Gasteiger partial charge is 0.423 e. The van der Waals surface area contributed by atoms with Crippen LogP contribution in [0.4, 0.5) is 10.1 Å². The molecule has 186 valence electrons. The van der Waals surface area contributed by atoms with Crippen molar-refractivity contribution in [3.8, 4) is 11.5 Å². The van der Waals surface area contributed by atoms with E-state index in [4.69, 9.17) is 9.47 Å². The van der Waals surface area contributed by atoms with E-state index in [1.54, 1.807) is 18.2 Å². The van der Waals surface area contributed by atoms with Crippen molar-refractivity contribution in [2.24, 2.45) is 0 Å². The van der Waals surface area contributed by atoms with E-state index in [2.05, 4.69) is 32.2 Å². The molecular weight excluding hydrogens is 451 g/mol. The number of anilines is 1. The van der Waals surface area contributed by atoms with E-state index in [9.17, 15) is 19.4 Å². The standard InChI is InChI=1S/C27H31FN2O5/c1-25(2,3)23-12-16-11-18(6-7-20(16)30(23)14-19(32)15-31)29-24(33)27(9-10-27)17-5-8-21-22(13-17)35-26(4,28)34-21/h5-8,11-13,19,31-32H,9-10,14-15H2,1-4H3,(H,29,33). The molecule has 0 radical (unpaired) electrons. The predicted molar refractivity (Wildman–Crippen MR) is 130 cm³/mol. The Morgan fingerprint density at radius 3 is 2.51 bits per heavy atom. The highest BCUT2D eigenvalue weighted by molar-refractivity contribution is 6.02. The summed E-state index contributed by atoms with van der Waals surface area (Å²) in [5.74, 6) is 0.505. The number of hydrogen-bond acceptors (Lipinski definition) is 5. The highest BCUT2D eigenvalue weighted by atomic mass is 19.2. The molecule has 1 aromatic heterocycles. The van der Waals surface area contributed by atoms with Crippen LogP contribution >= 0.6 is 0 Å². The normalized spacial score (nSPS) is 21.2. The van der Waals surface area contributed by atoms with Crippen molar-refractivity contribution in [3.63, 3.8) is 0 Å². The Labute approximate surface area is 203 Å². The van der Waals surface area contributed by atoms with E-state index in [0.29, 0.717) is 30.0 Å². The molecule has 2 unspecified atom stereocenters. The minimum Gasteiger partial charge on any atom is -0.423 e. The highest BCUT2D eigenvalue weighted by Crippen LogP contribution is 2.52. The average Bonchev–Trinajstić information content (AvgIpc) is 3.42. The number of aromatic nitrogens is 1. The van der Waals surface area contributed by atoms with Crippen LogP contribution in [0.15, 0.2) is 42.5 Å². The number of fused-ring (bicyclic) bond motifs is 2. The van der Waals surface area contributed by atoms with Crippen molar-refractivity contribution in [1.29, 1.82) is 0 Å². The third-order valence-corrected chi connectivity index (χ3v) is 6.80. The predicted octanol–water partition coefficient (Wildman–Crippen LogP) is 4.38. The molecular formula is C27H31FN2O5. The lowest BCUT2D eigenvalue weighted by atomic mass is 9.92. The molecule has 0 spiro atoms. The van der Waals surface area contributed by atoms with Gasteiger partial charge in [-0.3, -0.25) is 4.79 Å². The summed E-state index contributed by atoms with van der Waals surface area (Å²) in [6, 6.07) is 10.7. The van der Waals surface area contributed by atoms with Crippen molar-refractivity contribution in [2.45, 2.75) is 70.1 Å². The van der Waals surface area contributed by atoms with Crippen LogP contribution in [0.1, 0.15) is 51.8 Å². The number of benzene rings is 2. The van der Waals surface area contributed by atoms with Gasteiger partial charge in [0, 0.05) is 34.6 Å². The Kier molecular flexibility index (Phi) is 5.38. The van der Waals surface area contributed by atoms with Gasteiger partial charge in [0.25, 0.3) is 0 Å². The molecule has 8 heteroatoms. The van der Waals surface area contributed by atoms with E-state index in [1.165, 1.54) is 6.92 Å². The van der Waals surface area contributed by atoms with Gasteiger partial charge in [0.15, 0.2) is 11.5 Å². The number of halogens is 1. The van der Waals surface area contributed by atoms with E-state index < -0.39 is 17.6 Å². The third kappa shape index (κ3) is 4.25. The zero-order valence-corrected chi connectivity index (χ0v) is 20.4. The molecule has 1 aliphatic carbocycles. The maximum absolute atomic E-state index is 14.1. The molecule has 1 amide bonds. The fourth-order valence-corrected chi connectivity index (χ4v) is 4.84. The molecule has 2 atom stereocenters. The molecule has 5 rings (SSSR count). The second kappa shape index (κ2) is 7.96. The molecule has 1 fully saturated rings. The van der Waals surface area contributed by atoms with Crippen molar-refractivity contribution in [1.82, 2.24) is 4.57 Å². The van der Waals surface area contributed by atoms with Gasteiger partial charge in [-0.05, 0) is 54.8 Å². The molecule has 0 saturated heterocycles. The molecule has 7 nitrogen and oxygen atoms in total. The van der Waals surface area contributed by atoms with Gasteiger partial charge in [-0.15, -0.1) is 0 Å². The first kappa shape index (κ1) is 23.6. The van der Waals surface area contributed by atoms with Crippen LogP contribution in [0, 0.1) is 0 Å². The first-order chi connectivity index (χ1) is 16.4. The summed E-state index contributed by atoms with van der Waals surface area (Å²) in [6.45, 7) is 7.46. The first-order valence-corrected chi connectivity index (χ1v) is 11.9. The summed E-state index contributed by atoms with van der Waals surface area (Å²) in [5.41, 5.74) is 2.54. The second-order valence-corrected chi connectivity index (χ2v) is 10.7. The summed E-state index contributed by atoms with van der Waals surface area (Å²) < 4.78 is 26.4. The van der Waals surface area contributed by atoms with Crippen LogP contribution < -0.4 is 14.8 Å². The number of amides is 1. The van der Waals surface area contributed by atoms with E-state index in [1.807, 2.05) is 22.8 Å². The van der Waals surface area contributed by atoms with Crippen LogP contribution in [0.25, 0.3) is 10.9 Å². The van der Waals surface area contributed by atoms with Crippen LogP contribution in [0.2, 0.25) is 0 Å². The lowest BCUT2D eigenvalue weighted by molar-refractivity contribution is -0.173. The number of hydrogen-bond donors (Lipinski definition) is 3. The summed E-state index contributed by atoms with van der Waals surface area (Å²) in [4.78, 5) is 13.4. The van der Waals surface area contributed by atoms with Crippen molar-refractivity contribution >= 4 is 22.5 Å². The number of rotatable bonds is 6. The summed E-state index contributed by atoms with van der Waals surface area (Å²) in [5, 5.41) is 23.4. The summed E-state index contributed by atoms with van der Waals surface area (Å²) in [6.07, 6.45) is 0.520. The molecule has 1 saturated carbocycles. The Morgan fingerprint density at radius 1 is 1.14 bits per heavy atom. The third-order valence-electron chi connectivity index (χ3n) is 6.80. The van der Waals surface area contributed by atoms with Crippen LogP contribution in [0.5, 0.6) is 11.5 Å². The van der Waals surface area contributed by atoms with Crippen LogP contribution in [-0.4, -0.2) is 39.4 Å². The fourth-order valence-electron chi connectivity index (χ4n) is 4.84. The number of aliphatic hydroxyl groups is 2. The first-order valence-electron chi connectivity index (χ1n) is 11.9. The second-order valence-electron chi connectivity index (χ2n) is 10.7. The Hall–Kier alpha value is -3.10. The number of ether oxygens (including phenoxy) is 2. The molecule has 35 heavy (non-hydrogen) atoms. The van der Waals surface area contributed by atoms with Gasteiger partial charge in [-0.2, -0.15) is 4.39 Å². The zero-order chi connectivity index (χ0) is 25.2. The Morgan fingerprint density at radius 2 is 1.86 bits per heavy atom. The lowest BCUT2D eigenvalue weighted by Gasteiger charge is -2.23. The number of carbonyl (C=O) groups excluding carboxylic acids is 1. The zero-order valence-electron chi connectivity index (χ0n) is 20.4. The van der Waals surface area contributed by atoms with Gasteiger partial charge in [-0.25, -0.2) is 0 Å². The molecule has 1 aliphatic heterocycles. The number of alkyl halides is 1. The van der Waals surface area contributed by atoms with Gasteiger partial charge < -0.3 is 29.6 Å². The van der Waals surface area contributed by atoms with Gasteiger partial charge in [-0.1, -0.05) is 26.8 Å². The Bertz CT molecular complexity index is 1300. The van der Waals surface area contributed by atoms with Crippen molar-refractivity contribution < 1.29 is 28.9 Å². The van der Waals surface area contributed by atoms with Crippen LogP contribution in [0.3, 0.4) is 0 Å². The number of nitrogens with zero attached hydrogens (tertiary/aromatic N) is 1. The van der Waals surface area contributed by atoms with Gasteiger partial charge in [0.1, 0.15) is 0 Å². The van der Waals surface area contributed by atoms with Gasteiger partial charge in [0.05, 0.1) is 24.7 Å². The number of nitrogens with one attached hydrogen (secondary N) is 1. The van der Waals surface area contributed by atoms with Crippen LogP contribution in [-0.2, 0) is 22.2 Å². The number of carbonyl (C=O) groups is 1. The highest BCUT2D eigenvalue weighted by Gasteiger charge is 2.52. The van der Waals surface area contributed by atoms with E-state index >= 15 is 0 Å². The topological polar surface area (TPSA) is 93.0 Å². The molecule has 2 aromatic carbocycles. The van der Waals surface area contributed by atoms with Crippen molar-refractivity contribution in [3.05, 3.63) is 53.7 Å². The lowest BCUT2D eigenvalue weighted by Crippen LogP contribution is -2.28. The molecule has 3 aromatic rings. The Balaban J connectivity index is 1.42. The summed E-state index contributed by atoms with van der Waals surface area (Å²) >= 11 is 0. The van der Waals surface area contributed by atoms with Gasteiger partial charge >= 0.3 is 6.04 Å². The van der Waals surface area contributed by atoms with Crippen molar-refractivity contribution in [2.75, 3.05) is 11.9 Å². The fraction of sp³-hybridized carbons (Fsp3) is 0.444. The van der Waals surface area contributed by atoms with E-state index in [0.717, 1.165) is 22.2 Å². The minimum atomic E-state index is -2.20. The smallest absolute Gasteiger partial charge is 0.404 e. The van der Waals surface area contributed by atoms with E-state index in [-0.39, 0.29) is 24.5 Å².